The lowest BCUT2D eigenvalue weighted by Gasteiger charge is -2.29. The lowest BCUT2D eigenvalue weighted by molar-refractivity contribution is 0.0452. The van der Waals surface area contributed by atoms with Gasteiger partial charge in [0.05, 0.1) is 18.8 Å². The van der Waals surface area contributed by atoms with Crippen molar-refractivity contribution < 1.29 is 51.6 Å². The Hall–Kier alpha value is -3.88. The fourth-order valence-corrected chi connectivity index (χ4v) is 3.80. The van der Waals surface area contributed by atoms with Crippen LogP contribution < -0.4 is 10.6 Å². The molecule has 2 atom stereocenters. The summed E-state index contributed by atoms with van der Waals surface area (Å²) in [6.07, 6.45) is -2.80. The Kier molecular flexibility index (Phi) is 10.7. The van der Waals surface area contributed by atoms with Crippen molar-refractivity contribution in [2.24, 2.45) is 0 Å². The fourth-order valence-electron chi connectivity index (χ4n) is 3.43. The van der Waals surface area contributed by atoms with Crippen molar-refractivity contribution in [1.29, 1.82) is 0 Å². The van der Waals surface area contributed by atoms with E-state index in [2.05, 4.69) is 20.3 Å². The summed E-state index contributed by atoms with van der Waals surface area (Å²) in [7, 11) is -3.60. The monoisotopic (exact) mass is 584 g/mol. The molecule has 3 rings (SSSR count). The van der Waals surface area contributed by atoms with Crippen LogP contribution in [0.1, 0.15) is 12.0 Å². The Balaban J connectivity index is 1.62. The number of carbonyl (C=O) groups excluding carboxylic acids is 2. The molecule has 13 nitrogen and oxygen atoms in total. The molecule has 2 aromatic carbocycles. The van der Waals surface area contributed by atoms with Crippen LogP contribution in [0.15, 0.2) is 59.1 Å². The largest absolute Gasteiger partial charge is 0.469 e. The molecule has 0 bridgehead atoms. The maximum Gasteiger partial charge on any atom is 0.469 e. The molecule has 0 saturated carbocycles. The molecule has 0 fully saturated rings. The van der Waals surface area contributed by atoms with Gasteiger partial charge < -0.3 is 34.4 Å². The van der Waals surface area contributed by atoms with Crippen molar-refractivity contribution >= 4 is 25.8 Å². The van der Waals surface area contributed by atoms with E-state index >= 15 is 0 Å². The lowest BCUT2D eigenvalue weighted by atomic mass is 10.1. The van der Waals surface area contributed by atoms with Crippen molar-refractivity contribution in [2.45, 2.75) is 25.1 Å². The Morgan fingerprint density at radius 2 is 1.85 bits per heavy atom. The second-order valence-electron chi connectivity index (χ2n) is 8.48. The van der Waals surface area contributed by atoms with E-state index in [0.29, 0.717) is 11.3 Å². The average molecular weight is 584 g/mol. The van der Waals surface area contributed by atoms with E-state index < -0.39 is 56.9 Å². The third-order valence-electron chi connectivity index (χ3n) is 5.51. The third-order valence-corrected chi connectivity index (χ3v) is 6.00. The SMILES string of the molecule is CN(C(=O)NCc1cccc(F)c1F)[C@H](COC(=O)Nc1cc(-c2ccccc2)on1)C[C@H](O)COP(=O)(O)O. The van der Waals surface area contributed by atoms with Gasteiger partial charge >= 0.3 is 19.9 Å². The summed E-state index contributed by atoms with van der Waals surface area (Å²) in [5.74, 6) is -1.80. The Morgan fingerprint density at radius 3 is 2.55 bits per heavy atom. The van der Waals surface area contributed by atoms with Crippen LogP contribution in [0.5, 0.6) is 0 Å². The minimum Gasteiger partial charge on any atom is -0.447 e. The smallest absolute Gasteiger partial charge is 0.447 e. The summed E-state index contributed by atoms with van der Waals surface area (Å²) in [6, 6.07) is 12.0. The average Bonchev–Trinajstić information content (AvgIpc) is 3.38. The molecule has 0 saturated heterocycles. The van der Waals surface area contributed by atoms with E-state index in [1.807, 2.05) is 6.07 Å². The number of aromatic nitrogens is 1. The zero-order chi connectivity index (χ0) is 29.3. The zero-order valence-corrected chi connectivity index (χ0v) is 22.0. The summed E-state index contributed by atoms with van der Waals surface area (Å²) in [4.78, 5) is 43.8. The number of aliphatic hydroxyl groups excluding tert-OH is 1. The number of hydrogen-bond acceptors (Lipinski definition) is 8. The standard InChI is InChI=1S/C24H27F2N4O9P/c1-30(23(32)27-12-16-8-5-9-19(25)22(16)26)17(10-18(31)14-38-40(34,35)36)13-37-24(33)28-21-11-20(39-29-21)15-6-3-2-4-7-15/h2-9,11,17-18,31H,10,12-14H2,1H3,(H,27,32)(H,28,29,33)(H2,34,35,36)/t17-,18-/m0/s1. The molecule has 216 valence electrons. The van der Waals surface area contributed by atoms with Crippen LogP contribution in [-0.2, 0) is 20.4 Å². The molecular weight excluding hydrogens is 557 g/mol. The predicted octanol–water partition coefficient (Wildman–Crippen LogP) is 3.24. The lowest BCUT2D eigenvalue weighted by Crippen LogP contribution is -2.47. The number of aliphatic hydroxyl groups is 1. The molecule has 5 N–H and O–H groups in total. The predicted molar refractivity (Wildman–Crippen MR) is 136 cm³/mol. The van der Waals surface area contributed by atoms with Crippen LogP contribution in [0, 0.1) is 11.6 Å². The van der Waals surface area contributed by atoms with Gasteiger partial charge in [-0.3, -0.25) is 9.84 Å². The molecule has 3 amide bonds. The number of urea groups is 1. The van der Waals surface area contributed by atoms with Gasteiger partial charge in [0, 0.05) is 30.8 Å². The molecule has 16 heteroatoms. The van der Waals surface area contributed by atoms with Crippen LogP contribution in [-0.4, -0.2) is 69.5 Å². The van der Waals surface area contributed by atoms with Crippen LogP contribution in [0.3, 0.4) is 0 Å². The van der Waals surface area contributed by atoms with Crippen LogP contribution >= 0.6 is 7.82 Å². The zero-order valence-electron chi connectivity index (χ0n) is 21.1. The first-order chi connectivity index (χ1) is 18.9. The first kappa shape index (κ1) is 30.7. The Labute approximate surface area is 226 Å². The van der Waals surface area contributed by atoms with Gasteiger partial charge in [-0.1, -0.05) is 47.6 Å². The topological polar surface area (TPSA) is 184 Å². The number of amides is 3. The molecule has 40 heavy (non-hydrogen) atoms. The summed E-state index contributed by atoms with van der Waals surface area (Å²) in [6.45, 7) is -1.64. The number of nitrogens with one attached hydrogen (secondary N) is 2. The molecule has 0 radical (unpaired) electrons. The number of carbonyl (C=O) groups is 2. The Bertz CT molecular complexity index is 1340. The molecule has 0 aliphatic rings. The van der Waals surface area contributed by atoms with Crippen molar-refractivity contribution in [3.63, 3.8) is 0 Å². The molecule has 0 aliphatic heterocycles. The highest BCUT2D eigenvalue weighted by Crippen LogP contribution is 2.36. The third kappa shape index (κ3) is 9.39. The summed E-state index contributed by atoms with van der Waals surface area (Å²) in [5.41, 5.74) is 0.597. The Morgan fingerprint density at radius 1 is 1.12 bits per heavy atom. The number of ether oxygens (including phenoxy) is 1. The highest BCUT2D eigenvalue weighted by molar-refractivity contribution is 7.46. The van der Waals surface area contributed by atoms with Gasteiger partial charge in [-0.05, 0) is 12.5 Å². The van der Waals surface area contributed by atoms with Crippen LogP contribution in [0.25, 0.3) is 11.3 Å². The van der Waals surface area contributed by atoms with Gasteiger partial charge in [-0.2, -0.15) is 0 Å². The van der Waals surface area contributed by atoms with Crippen LogP contribution in [0.4, 0.5) is 24.2 Å². The van der Waals surface area contributed by atoms with E-state index in [1.165, 1.54) is 25.2 Å². The van der Waals surface area contributed by atoms with Crippen molar-refractivity contribution in [3.05, 3.63) is 71.8 Å². The number of rotatable bonds is 12. The minimum atomic E-state index is -4.88. The maximum atomic E-state index is 13.9. The van der Waals surface area contributed by atoms with Gasteiger partial charge in [0.1, 0.15) is 6.61 Å². The van der Waals surface area contributed by atoms with Crippen molar-refractivity contribution in [2.75, 3.05) is 25.6 Å². The van der Waals surface area contributed by atoms with E-state index in [1.54, 1.807) is 24.3 Å². The molecule has 1 heterocycles. The summed E-state index contributed by atoms with van der Waals surface area (Å²) in [5, 5.41) is 18.7. The fraction of sp³-hybridized carbons (Fsp3) is 0.292. The number of benzene rings is 2. The number of phosphoric ester groups is 1. The molecule has 3 aromatic rings. The highest BCUT2D eigenvalue weighted by atomic mass is 31.2. The van der Waals surface area contributed by atoms with E-state index in [0.717, 1.165) is 11.0 Å². The summed E-state index contributed by atoms with van der Waals surface area (Å²) >= 11 is 0. The number of nitrogens with zero attached hydrogens (tertiary/aromatic N) is 2. The first-order valence-corrected chi connectivity index (χ1v) is 13.2. The molecule has 1 aromatic heterocycles. The quantitative estimate of drug-likeness (QED) is 0.198. The van der Waals surface area contributed by atoms with Crippen molar-refractivity contribution in [3.8, 4) is 11.3 Å². The first-order valence-electron chi connectivity index (χ1n) is 11.7. The summed E-state index contributed by atoms with van der Waals surface area (Å²) < 4.78 is 53.0. The van der Waals surface area contributed by atoms with Gasteiger partial charge in [0.2, 0.25) is 0 Å². The van der Waals surface area contributed by atoms with E-state index in [4.69, 9.17) is 19.0 Å². The van der Waals surface area contributed by atoms with Crippen LogP contribution in [0.2, 0.25) is 0 Å². The number of likely N-dealkylation sites (N-methyl/N-ethyl adjacent to an activating group) is 1. The highest BCUT2D eigenvalue weighted by Gasteiger charge is 2.27. The van der Waals surface area contributed by atoms with Gasteiger partial charge in [0.25, 0.3) is 0 Å². The van der Waals surface area contributed by atoms with Gasteiger partial charge in [-0.15, -0.1) is 0 Å². The van der Waals surface area contributed by atoms with Crippen molar-refractivity contribution in [1.82, 2.24) is 15.4 Å². The van der Waals surface area contributed by atoms with Gasteiger partial charge in [0.15, 0.2) is 23.2 Å². The number of phosphoric acid groups is 1. The normalized spacial score (nSPS) is 12.8. The minimum absolute atomic E-state index is 0.0405. The number of halogens is 2. The second kappa shape index (κ2) is 14.0. The van der Waals surface area contributed by atoms with E-state index in [9.17, 15) is 28.0 Å². The molecule has 0 unspecified atom stereocenters. The molecule has 0 aliphatic carbocycles. The number of hydrogen-bond donors (Lipinski definition) is 5. The van der Waals surface area contributed by atoms with E-state index in [-0.39, 0.29) is 24.3 Å². The van der Waals surface area contributed by atoms with Gasteiger partial charge in [-0.25, -0.2) is 22.9 Å². The molecule has 0 spiro atoms. The second-order valence-corrected chi connectivity index (χ2v) is 9.72. The number of anilines is 1. The molecular formula is C24H27F2N4O9P. The maximum absolute atomic E-state index is 13.9.